The Balaban J connectivity index is 1.70. The van der Waals surface area contributed by atoms with Crippen LogP contribution < -0.4 is 0 Å². The molecule has 1 N–H and O–H groups in total. The molecule has 2 aliphatic rings. The molecule has 1 saturated heterocycles. The van der Waals surface area contributed by atoms with Crippen molar-refractivity contribution in [2.24, 2.45) is 0 Å². The fraction of sp³-hybridized carbons (Fsp3) is 0.435. The van der Waals surface area contributed by atoms with Crippen molar-refractivity contribution in [1.82, 2.24) is 4.90 Å². The molecular formula is C23H27NO3. The van der Waals surface area contributed by atoms with Crippen molar-refractivity contribution in [2.75, 3.05) is 13.7 Å². The zero-order chi connectivity index (χ0) is 18.9. The van der Waals surface area contributed by atoms with Crippen LogP contribution in [0.5, 0.6) is 0 Å². The van der Waals surface area contributed by atoms with E-state index in [4.69, 9.17) is 4.74 Å². The van der Waals surface area contributed by atoms with Crippen molar-refractivity contribution in [1.29, 1.82) is 0 Å². The Bertz CT molecular complexity index is 739. The van der Waals surface area contributed by atoms with Gasteiger partial charge in [0.2, 0.25) is 5.91 Å². The van der Waals surface area contributed by atoms with Crippen molar-refractivity contribution in [3.63, 3.8) is 0 Å². The van der Waals surface area contributed by atoms with Gasteiger partial charge in [-0.1, -0.05) is 60.7 Å². The number of methoxy groups -OCH3 is 1. The second kappa shape index (κ2) is 7.45. The highest BCUT2D eigenvalue weighted by molar-refractivity contribution is 5.88. The van der Waals surface area contributed by atoms with Crippen LogP contribution in [0.2, 0.25) is 0 Å². The second-order valence-electron chi connectivity index (χ2n) is 7.75. The molecule has 142 valence electrons. The van der Waals surface area contributed by atoms with Crippen molar-refractivity contribution in [3.8, 4) is 0 Å². The van der Waals surface area contributed by atoms with Crippen molar-refractivity contribution in [3.05, 3.63) is 71.8 Å². The standard InChI is InChI=1S/C23H27NO3/c1-27-23-13-12-19(25)16-20(23)24(15-14-23)22(26)21(17-8-4-2-5-9-17)18-10-6-3-7-11-18/h2-11,19-21,25H,12-16H2,1H3/t19-,20+,23-/m1/s1. The van der Waals surface area contributed by atoms with Crippen molar-refractivity contribution in [2.45, 2.75) is 49.3 Å². The van der Waals surface area contributed by atoms with Gasteiger partial charge in [-0.3, -0.25) is 4.79 Å². The summed E-state index contributed by atoms with van der Waals surface area (Å²) in [4.78, 5) is 15.7. The zero-order valence-corrected chi connectivity index (χ0v) is 15.8. The fourth-order valence-electron chi connectivity index (χ4n) is 4.87. The molecule has 4 rings (SSSR count). The molecule has 4 nitrogen and oxygen atoms in total. The first-order valence-corrected chi connectivity index (χ1v) is 9.78. The Kier molecular flexibility index (Phi) is 5.02. The first-order valence-electron chi connectivity index (χ1n) is 9.78. The number of fused-ring (bicyclic) bond motifs is 1. The van der Waals surface area contributed by atoms with Gasteiger partial charge in [-0.2, -0.15) is 0 Å². The fourth-order valence-corrected chi connectivity index (χ4v) is 4.87. The topological polar surface area (TPSA) is 49.8 Å². The molecule has 0 radical (unpaired) electrons. The lowest BCUT2D eigenvalue weighted by molar-refractivity contribution is -0.140. The van der Waals surface area contributed by atoms with Crippen molar-refractivity contribution < 1.29 is 14.6 Å². The van der Waals surface area contributed by atoms with Crippen LogP contribution in [0, 0.1) is 0 Å². The van der Waals surface area contributed by atoms with Gasteiger partial charge in [-0.15, -0.1) is 0 Å². The summed E-state index contributed by atoms with van der Waals surface area (Å²) < 4.78 is 5.92. The summed E-state index contributed by atoms with van der Waals surface area (Å²) in [7, 11) is 1.74. The summed E-state index contributed by atoms with van der Waals surface area (Å²) in [6, 6.07) is 19.9. The van der Waals surface area contributed by atoms with E-state index in [2.05, 4.69) is 0 Å². The minimum Gasteiger partial charge on any atom is -0.393 e. The molecule has 4 heteroatoms. The molecule has 2 fully saturated rings. The van der Waals surface area contributed by atoms with E-state index >= 15 is 0 Å². The van der Waals surface area contributed by atoms with Gasteiger partial charge in [0.05, 0.1) is 23.7 Å². The molecule has 1 heterocycles. The minimum atomic E-state index is -0.362. The van der Waals surface area contributed by atoms with Gasteiger partial charge in [-0.05, 0) is 36.8 Å². The van der Waals surface area contributed by atoms with Crippen LogP contribution in [0.25, 0.3) is 0 Å². The van der Waals surface area contributed by atoms with Crippen LogP contribution in [0.4, 0.5) is 0 Å². The number of hydrogen-bond donors (Lipinski definition) is 1. The molecule has 0 bridgehead atoms. The molecule has 0 aromatic heterocycles. The van der Waals surface area contributed by atoms with Gasteiger partial charge >= 0.3 is 0 Å². The third-order valence-corrected chi connectivity index (χ3v) is 6.36. The normalized spacial score (nSPS) is 27.6. The second-order valence-corrected chi connectivity index (χ2v) is 7.75. The quantitative estimate of drug-likeness (QED) is 0.904. The lowest BCUT2D eigenvalue weighted by Crippen LogP contribution is -2.53. The molecule has 1 saturated carbocycles. The smallest absolute Gasteiger partial charge is 0.234 e. The number of carbonyl (C=O) groups excluding carboxylic acids is 1. The molecule has 1 amide bonds. The molecule has 2 aromatic rings. The third-order valence-electron chi connectivity index (χ3n) is 6.36. The molecule has 3 atom stereocenters. The average molecular weight is 365 g/mol. The van der Waals surface area contributed by atoms with E-state index in [1.54, 1.807) is 7.11 Å². The number of rotatable bonds is 4. The number of ether oxygens (including phenoxy) is 1. The summed E-state index contributed by atoms with van der Waals surface area (Å²) in [6.45, 7) is 0.681. The largest absolute Gasteiger partial charge is 0.393 e. The van der Waals surface area contributed by atoms with Gasteiger partial charge < -0.3 is 14.7 Å². The number of aliphatic hydroxyl groups is 1. The van der Waals surface area contributed by atoms with E-state index < -0.39 is 0 Å². The van der Waals surface area contributed by atoms with Gasteiger partial charge in [0.25, 0.3) is 0 Å². The molecule has 0 spiro atoms. The summed E-state index contributed by atoms with van der Waals surface area (Å²) in [5.74, 6) is -0.232. The molecule has 2 aromatic carbocycles. The van der Waals surface area contributed by atoms with Crippen molar-refractivity contribution >= 4 is 5.91 Å². The Morgan fingerprint density at radius 3 is 2.22 bits per heavy atom. The highest BCUT2D eigenvalue weighted by atomic mass is 16.5. The number of carbonyl (C=O) groups is 1. The van der Waals surface area contributed by atoms with Crippen LogP contribution >= 0.6 is 0 Å². The Morgan fingerprint density at radius 1 is 1.07 bits per heavy atom. The van der Waals surface area contributed by atoms with E-state index in [-0.39, 0.29) is 29.6 Å². The Hall–Kier alpha value is -2.17. The first kappa shape index (κ1) is 18.2. The maximum Gasteiger partial charge on any atom is 0.234 e. The van der Waals surface area contributed by atoms with Gasteiger partial charge in [0.15, 0.2) is 0 Å². The SMILES string of the molecule is CO[C@@]12CC[C@@H](O)C[C@@H]1N(C(=O)C(c1ccccc1)c1ccccc1)CC2. The number of nitrogens with zero attached hydrogens (tertiary/aromatic N) is 1. The summed E-state index contributed by atoms with van der Waals surface area (Å²) in [5.41, 5.74) is 1.69. The number of likely N-dealkylation sites (tertiary alicyclic amines) is 1. The van der Waals surface area contributed by atoms with E-state index in [0.29, 0.717) is 13.0 Å². The predicted octanol–water partition coefficient (Wildman–Crippen LogP) is 3.35. The highest BCUT2D eigenvalue weighted by Crippen LogP contribution is 2.44. The Labute approximate surface area is 160 Å². The van der Waals surface area contributed by atoms with E-state index in [9.17, 15) is 9.90 Å². The van der Waals surface area contributed by atoms with Gasteiger partial charge in [0, 0.05) is 13.7 Å². The van der Waals surface area contributed by atoms with E-state index in [1.165, 1.54) is 0 Å². The summed E-state index contributed by atoms with van der Waals surface area (Å²) >= 11 is 0. The molecule has 27 heavy (non-hydrogen) atoms. The van der Waals surface area contributed by atoms with Crippen LogP contribution in [0.3, 0.4) is 0 Å². The molecule has 1 aliphatic heterocycles. The van der Waals surface area contributed by atoms with E-state index in [0.717, 1.165) is 30.4 Å². The minimum absolute atomic E-state index is 0.0614. The number of aliphatic hydroxyl groups excluding tert-OH is 1. The number of hydrogen-bond acceptors (Lipinski definition) is 3. The number of amides is 1. The maximum atomic E-state index is 13.8. The number of benzene rings is 2. The summed E-state index contributed by atoms with van der Waals surface area (Å²) in [6.07, 6.45) is 2.62. The monoisotopic (exact) mass is 365 g/mol. The Morgan fingerprint density at radius 2 is 1.67 bits per heavy atom. The predicted molar refractivity (Wildman–Crippen MR) is 104 cm³/mol. The highest BCUT2D eigenvalue weighted by Gasteiger charge is 2.53. The molecular weight excluding hydrogens is 338 g/mol. The zero-order valence-electron chi connectivity index (χ0n) is 15.8. The van der Waals surface area contributed by atoms with Crippen LogP contribution in [0.1, 0.15) is 42.7 Å². The van der Waals surface area contributed by atoms with Crippen LogP contribution in [-0.4, -0.2) is 47.3 Å². The lowest BCUT2D eigenvalue weighted by atomic mass is 9.78. The first-order chi connectivity index (χ1) is 13.1. The van der Waals surface area contributed by atoms with Gasteiger partial charge in [0.1, 0.15) is 0 Å². The van der Waals surface area contributed by atoms with Gasteiger partial charge in [-0.25, -0.2) is 0 Å². The molecule has 0 unspecified atom stereocenters. The van der Waals surface area contributed by atoms with Crippen LogP contribution in [0.15, 0.2) is 60.7 Å². The van der Waals surface area contributed by atoms with E-state index in [1.807, 2.05) is 65.6 Å². The van der Waals surface area contributed by atoms with Crippen LogP contribution in [-0.2, 0) is 9.53 Å². The average Bonchev–Trinajstić information content (AvgIpc) is 3.09. The third kappa shape index (κ3) is 3.28. The summed E-state index contributed by atoms with van der Waals surface area (Å²) in [5, 5.41) is 10.2. The maximum absolute atomic E-state index is 13.8. The molecule has 1 aliphatic carbocycles. The lowest BCUT2D eigenvalue weighted by Gasteiger charge is -2.43.